The second kappa shape index (κ2) is 6.78. The first-order valence-electron chi connectivity index (χ1n) is 8.82. The molecule has 3 rings (SSSR count). The van der Waals surface area contributed by atoms with E-state index in [0.717, 1.165) is 16.6 Å². The Morgan fingerprint density at radius 3 is 2.35 bits per heavy atom. The summed E-state index contributed by atoms with van der Waals surface area (Å²) in [6, 6.07) is 7.93. The molecule has 0 aliphatic carbocycles. The van der Waals surface area contributed by atoms with Gasteiger partial charge in [0.2, 0.25) is 5.78 Å². The molecular weight excluding hydrogens is 330 g/mol. The highest BCUT2D eigenvalue weighted by atomic mass is 16.2. The SMILES string of the molecule is CCCn1c2c(c(=O)n(C)c1=O)C(=O)/C(=C\c1ccc(C(C)C)cc1)N2. The van der Waals surface area contributed by atoms with E-state index in [4.69, 9.17) is 0 Å². The summed E-state index contributed by atoms with van der Waals surface area (Å²) in [5.41, 5.74) is 1.44. The highest BCUT2D eigenvalue weighted by Crippen LogP contribution is 2.26. The smallest absolute Gasteiger partial charge is 0.332 e. The molecule has 0 radical (unpaired) electrons. The van der Waals surface area contributed by atoms with Crippen LogP contribution in [0.3, 0.4) is 0 Å². The van der Waals surface area contributed by atoms with Gasteiger partial charge in [0, 0.05) is 13.6 Å². The molecule has 26 heavy (non-hydrogen) atoms. The van der Waals surface area contributed by atoms with Gasteiger partial charge in [0.25, 0.3) is 5.56 Å². The van der Waals surface area contributed by atoms with E-state index in [1.54, 1.807) is 6.08 Å². The van der Waals surface area contributed by atoms with Gasteiger partial charge in [0.15, 0.2) is 0 Å². The van der Waals surface area contributed by atoms with Gasteiger partial charge in [-0.3, -0.25) is 18.7 Å². The second-order valence-corrected chi connectivity index (χ2v) is 6.86. The van der Waals surface area contributed by atoms with Crippen molar-refractivity contribution in [2.75, 3.05) is 5.32 Å². The minimum atomic E-state index is -0.562. The fourth-order valence-electron chi connectivity index (χ4n) is 3.10. The van der Waals surface area contributed by atoms with E-state index >= 15 is 0 Å². The highest BCUT2D eigenvalue weighted by Gasteiger charge is 2.32. The maximum atomic E-state index is 12.8. The van der Waals surface area contributed by atoms with E-state index < -0.39 is 11.2 Å². The Bertz CT molecular complexity index is 1010. The zero-order chi connectivity index (χ0) is 19.0. The predicted molar refractivity (Wildman–Crippen MR) is 103 cm³/mol. The quantitative estimate of drug-likeness (QED) is 0.858. The lowest BCUT2D eigenvalue weighted by molar-refractivity contribution is 0.104. The summed E-state index contributed by atoms with van der Waals surface area (Å²) < 4.78 is 2.45. The van der Waals surface area contributed by atoms with E-state index in [1.165, 1.54) is 17.2 Å². The van der Waals surface area contributed by atoms with Crippen LogP contribution in [0, 0.1) is 0 Å². The molecule has 2 aromatic rings. The standard InChI is InChI=1S/C20H23N3O3/c1-5-10-23-18-16(19(25)22(4)20(23)26)17(24)15(21-18)11-13-6-8-14(9-7-13)12(2)3/h6-9,11-12,21H,5,10H2,1-4H3/b15-11+. The van der Waals surface area contributed by atoms with Crippen LogP contribution in [0.5, 0.6) is 0 Å². The molecule has 0 fully saturated rings. The van der Waals surface area contributed by atoms with Gasteiger partial charge in [-0.1, -0.05) is 45.0 Å². The molecule has 0 spiro atoms. The number of rotatable bonds is 4. The summed E-state index contributed by atoms with van der Waals surface area (Å²) >= 11 is 0. The van der Waals surface area contributed by atoms with Gasteiger partial charge in [0.1, 0.15) is 11.4 Å². The van der Waals surface area contributed by atoms with Crippen molar-refractivity contribution in [1.82, 2.24) is 9.13 Å². The average Bonchev–Trinajstić information content (AvgIpc) is 2.93. The van der Waals surface area contributed by atoms with Gasteiger partial charge in [-0.2, -0.15) is 0 Å². The lowest BCUT2D eigenvalue weighted by atomic mass is 10.0. The number of ketones is 1. The monoisotopic (exact) mass is 353 g/mol. The summed E-state index contributed by atoms with van der Waals surface area (Å²) in [5.74, 6) is 0.354. The maximum absolute atomic E-state index is 12.8. The van der Waals surface area contributed by atoms with Crippen molar-refractivity contribution < 1.29 is 4.79 Å². The molecular formula is C20H23N3O3. The third-order valence-electron chi connectivity index (χ3n) is 4.63. The molecule has 0 amide bonds. The number of aromatic nitrogens is 2. The zero-order valence-electron chi connectivity index (χ0n) is 15.5. The Balaban J connectivity index is 2.07. The van der Waals surface area contributed by atoms with Gasteiger partial charge >= 0.3 is 5.69 Å². The average molecular weight is 353 g/mol. The fourth-order valence-corrected chi connectivity index (χ4v) is 3.10. The van der Waals surface area contributed by atoms with E-state index in [9.17, 15) is 14.4 Å². The number of fused-ring (bicyclic) bond motifs is 1. The zero-order valence-corrected chi connectivity index (χ0v) is 15.5. The van der Waals surface area contributed by atoms with Crippen LogP contribution in [-0.2, 0) is 13.6 Å². The number of anilines is 1. The summed E-state index contributed by atoms with van der Waals surface area (Å²) in [6.07, 6.45) is 2.43. The molecule has 0 bridgehead atoms. The Kier molecular flexibility index (Phi) is 4.68. The molecule has 2 heterocycles. The van der Waals surface area contributed by atoms with Crippen molar-refractivity contribution in [1.29, 1.82) is 0 Å². The number of allylic oxidation sites excluding steroid dienone is 1. The van der Waals surface area contributed by atoms with Gasteiger partial charge in [-0.25, -0.2) is 4.79 Å². The van der Waals surface area contributed by atoms with Crippen molar-refractivity contribution in [3.63, 3.8) is 0 Å². The fraction of sp³-hybridized carbons (Fsp3) is 0.350. The van der Waals surface area contributed by atoms with Crippen LogP contribution in [0.15, 0.2) is 39.6 Å². The third-order valence-corrected chi connectivity index (χ3v) is 4.63. The molecule has 136 valence electrons. The number of nitrogens with one attached hydrogen (secondary N) is 1. The molecule has 6 heteroatoms. The van der Waals surface area contributed by atoms with Crippen LogP contribution in [0.4, 0.5) is 5.82 Å². The van der Waals surface area contributed by atoms with Crippen molar-refractivity contribution in [3.05, 3.63) is 67.5 Å². The Morgan fingerprint density at radius 2 is 1.77 bits per heavy atom. The van der Waals surface area contributed by atoms with E-state index in [-0.39, 0.29) is 11.3 Å². The van der Waals surface area contributed by atoms with Gasteiger partial charge in [0.05, 0.1) is 5.70 Å². The highest BCUT2D eigenvalue weighted by molar-refractivity contribution is 6.19. The third kappa shape index (κ3) is 2.92. The molecule has 1 aromatic carbocycles. The number of hydrogen-bond donors (Lipinski definition) is 1. The summed E-state index contributed by atoms with van der Waals surface area (Å²) in [7, 11) is 1.40. The first-order chi connectivity index (χ1) is 12.3. The van der Waals surface area contributed by atoms with Crippen LogP contribution in [0.1, 0.15) is 54.6 Å². The molecule has 0 saturated carbocycles. The molecule has 0 unspecified atom stereocenters. The minimum absolute atomic E-state index is 0.0330. The first kappa shape index (κ1) is 17.9. The first-order valence-corrected chi connectivity index (χ1v) is 8.82. The van der Waals surface area contributed by atoms with E-state index in [1.807, 2.05) is 31.2 Å². The van der Waals surface area contributed by atoms with Crippen molar-refractivity contribution in [2.24, 2.45) is 7.05 Å². The number of benzene rings is 1. The van der Waals surface area contributed by atoms with Crippen molar-refractivity contribution >= 4 is 17.7 Å². The molecule has 1 aliphatic heterocycles. The largest absolute Gasteiger partial charge is 0.338 e. The van der Waals surface area contributed by atoms with Crippen LogP contribution in [-0.4, -0.2) is 14.9 Å². The summed E-state index contributed by atoms with van der Waals surface area (Å²) in [6.45, 7) is 6.61. The molecule has 1 N–H and O–H groups in total. The van der Waals surface area contributed by atoms with Crippen LogP contribution in [0.2, 0.25) is 0 Å². The second-order valence-electron chi connectivity index (χ2n) is 6.86. The molecule has 0 atom stereocenters. The van der Waals surface area contributed by atoms with E-state index in [2.05, 4.69) is 19.2 Å². The lowest BCUT2D eigenvalue weighted by Gasteiger charge is -2.11. The predicted octanol–water partition coefficient (Wildman–Crippen LogP) is 2.73. The number of nitrogens with zero attached hydrogens (tertiary/aromatic N) is 2. The Labute approximate surface area is 151 Å². The van der Waals surface area contributed by atoms with Crippen molar-refractivity contribution in [2.45, 2.75) is 39.7 Å². The lowest BCUT2D eigenvalue weighted by Crippen LogP contribution is -2.40. The molecule has 1 aliphatic rings. The van der Waals surface area contributed by atoms with Gasteiger partial charge in [-0.15, -0.1) is 0 Å². The van der Waals surface area contributed by atoms with Crippen molar-refractivity contribution in [3.8, 4) is 0 Å². The van der Waals surface area contributed by atoms with Gasteiger partial charge in [-0.05, 0) is 29.5 Å². The Morgan fingerprint density at radius 1 is 1.12 bits per heavy atom. The molecule has 1 aromatic heterocycles. The van der Waals surface area contributed by atoms with Gasteiger partial charge < -0.3 is 5.32 Å². The number of Topliss-reactive ketones (excluding diaryl/α,β-unsaturated/α-hetero) is 1. The summed E-state index contributed by atoms with van der Waals surface area (Å²) in [4.78, 5) is 37.6. The Hall–Kier alpha value is -2.89. The van der Waals surface area contributed by atoms with Crippen LogP contribution < -0.4 is 16.6 Å². The number of hydrogen-bond acceptors (Lipinski definition) is 4. The summed E-state index contributed by atoms with van der Waals surface area (Å²) in [5, 5.41) is 2.99. The van der Waals surface area contributed by atoms with Crippen LogP contribution >= 0.6 is 0 Å². The maximum Gasteiger partial charge on any atom is 0.332 e. The topological polar surface area (TPSA) is 73.1 Å². The van der Waals surface area contributed by atoms with E-state index in [0.29, 0.717) is 24.0 Å². The number of carbonyl (C=O) groups excluding carboxylic acids is 1. The normalized spacial score (nSPS) is 14.8. The minimum Gasteiger partial charge on any atom is -0.338 e. The molecule has 6 nitrogen and oxygen atoms in total. The van der Waals surface area contributed by atoms with Crippen LogP contribution in [0.25, 0.3) is 6.08 Å². The number of carbonyl (C=O) groups is 1. The molecule has 0 saturated heterocycles.